The predicted molar refractivity (Wildman–Crippen MR) is 118 cm³/mol. The fourth-order valence-corrected chi connectivity index (χ4v) is 3.27. The van der Waals surface area contributed by atoms with Crippen molar-refractivity contribution in [2.45, 2.75) is 26.4 Å². The molecule has 0 aliphatic heterocycles. The van der Waals surface area contributed by atoms with Crippen molar-refractivity contribution < 1.29 is 4.79 Å². The molecule has 4 aromatic heterocycles. The molecule has 0 radical (unpaired) electrons. The number of nitrogens with two attached hydrogens (primary N) is 1. The Morgan fingerprint density at radius 1 is 1.16 bits per heavy atom. The number of carbonyl (C=O) groups is 1. The fraction of sp³-hybridized carbons (Fsp3) is 0.174. The van der Waals surface area contributed by atoms with Gasteiger partial charge in [0.25, 0.3) is 5.91 Å². The monoisotopic (exact) mass is 424 g/mol. The standard InChI is InChI=1S/C23H20N8O/c1-14-8-17-9-19(29-12-20(17)30-21(14)25)23(32)31(15(2)22-26-6-3-7-27-22)13-18-5-4-16(10-24)11-28-18/h3-9,11-12,15H,13H2,1-2H3,(H2,25,30)/t15-/m1/s1. The van der Waals surface area contributed by atoms with Gasteiger partial charge in [0.2, 0.25) is 0 Å². The molecule has 32 heavy (non-hydrogen) atoms. The van der Waals surface area contributed by atoms with Crippen LogP contribution in [0.15, 0.2) is 55.1 Å². The minimum atomic E-state index is -0.440. The Morgan fingerprint density at radius 2 is 1.94 bits per heavy atom. The minimum Gasteiger partial charge on any atom is -0.383 e. The molecule has 0 aliphatic rings. The first kappa shape index (κ1) is 20.8. The first-order valence-corrected chi connectivity index (χ1v) is 9.92. The molecule has 0 aromatic carbocycles. The van der Waals surface area contributed by atoms with Gasteiger partial charge in [0.1, 0.15) is 23.4 Å². The summed E-state index contributed by atoms with van der Waals surface area (Å²) in [5.74, 6) is 0.634. The first-order valence-electron chi connectivity index (χ1n) is 9.92. The van der Waals surface area contributed by atoms with Crippen LogP contribution in [-0.4, -0.2) is 35.7 Å². The van der Waals surface area contributed by atoms with Crippen molar-refractivity contribution in [3.8, 4) is 6.07 Å². The van der Waals surface area contributed by atoms with Gasteiger partial charge >= 0.3 is 0 Å². The van der Waals surface area contributed by atoms with Gasteiger partial charge in [-0.3, -0.25) is 9.78 Å². The molecule has 0 spiro atoms. The van der Waals surface area contributed by atoms with Crippen molar-refractivity contribution >= 4 is 22.6 Å². The van der Waals surface area contributed by atoms with Crippen molar-refractivity contribution in [1.29, 1.82) is 5.26 Å². The fourth-order valence-electron chi connectivity index (χ4n) is 3.27. The quantitative estimate of drug-likeness (QED) is 0.517. The summed E-state index contributed by atoms with van der Waals surface area (Å²) < 4.78 is 0. The molecule has 4 aromatic rings. The van der Waals surface area contributed by atoms with Crippen molar-refractivity contribution in [2.24, 2.45) is 0 Å². The van der Waals surface area contributed by atoms with Crippen LogP contribution in [0.2, 0.25) is 0 Å². The molecule has 0 saturated heterocycles. The highest BCUT2D eigenvalue weighted by Crippen LogP contribution is 2.23. The van der Waals surface area contributed by atoms with E-state index in [9.17, 15) is 4.79 Å². The average molecular weight is 424 g/mol. The number of aryl methyl sites for hydroxylation is 1. The number of nitriles is 1. The van der Waals surface area contributed by atoms with E-state index in [1.165, 1.54) is 6.20 Å². The van der Waals surface area contributed by atoms with Crippen LogP contribution in [0.3, 0.4) is 0 Å². The number of rotatable bonds is 5. The van der Waals surface area contributed by atoms with E-state index in [0.717, 1.165) is 10.9 Å². The van der Waals surface area contributed by atoms with Gasteiger partial charge in [-0.25, -0.2) is 19.9 Å². The lowest BCUT2D eigenvalue weighted by Crippen LogP contribution is -2.34. The van der Waals surface area contributed by atoms with Crippen LogP contribution in [0.4, 0.5) is 5.82 Å². The number of amides is 1. The predicted octanol–water partition coefficient (Wildman–Crippen LogP) is 2.98. The van der Waals surface area contributed by atoms with Crippen LogP contribution in [0.25, 0.3) is 10.9 Å². The molecule has 0 fully saturated rings. The summed E-state index contributed by atoms with van der Waals surface area (Å²) in [4.78, 5) is 36.7. The molecule has 0 unspecified atom stereocenters. The Morgan fingerprint density at radius 3 is 2.62 bits per heavy atom. The summed E-state index contributed by atoms with van der Waals surface area (Å²) in [5.41, 5.74) is 8.67. The number of carbonyl (C=O) groups excluding carboxylic acids is 1. The summed E-state index contributed by atoms with van der Waals surface area (Å²) in [5, 5.41) is 9.79. The van der Waals surface area contributed by atoms with E-state index in [0.29, 0.717) is 28.4 Å². The number of hydrogen-bond acceptors (Lipinski definition) is 8. The number of fused-ring (bicyclic) bond motifs is 1. The molecule has 158 valence electrons. The van der Waals surface area contributed by atoms with E-state index >= 15 is 0 Å². The molecular formula is C23H20N8O. The molecule has 1 atom stereocenters. The lowest BCUT2D eigenvalue weighted by Gasteiger charge is -2.28. The normalized spacial score (nSPS) is 11.7. The third-order valence-electron chi connectivity index (χ3n) is 5.12. The van der Waals surface area contributed by atoms with Crippen LogP contribution in [0.1, 0.15) is 46.1 Å². The molecule has 0 aliphatic carbocycles. The van der Waals surface area contributed by atoms with E-state index < -0.39 is 6.04 Å². The Bertz CT molecular complexity index is 1320. The summed E-state index contributed by atoms with van der Waals surface area (Å²) >= 11 is 0. The average Bonchev–Trinajstić information content (AvgIpc) is 2.83. The van der Waals surface area contributed by atoms with Crippen LogP contribution in [-0.2, 0) is 6.54 Å². The Balaban J connectivity index is 1.72. The zero-order valence-electron chi connectivity index (χ0n) is 17.6. The lowest BCUT2D eigenvalue weighted by atomic mass is 10.1. The van der Waals surface area contributed by atoms with Crippen molar-refractivity contribution in [1.82, 2.24) is 29.8 Å². The maximum absolute atomic E-state index is 13.6. The van der Waals surface area contributed by atoms with Gasteiger partial charge < -0.3 is 10.6 Å². The Kier molecular flexibility index (Phi) is 5.68. The van der Waals surface area contributed by atoms with E-state index in [4.69, 9.17) is 11.0 Å². The van der Waals surface area contributed by atoms with Gasteiger partial charge in [-0.2, -0.15) is 5.26 Å². The highest BCUT2D eigenvalue weighted by atomic mass is 16.2. The van der Waals surface area contributed by atoms with Gasteiger partial charge in [0, 0.05) is 24.0 Å². The van der Waals surface area contributed by atoms with E-state index in [1.54, 1.807) is 47.8 Å². The maximum atomic E-state index is 13.6. The van der Waals surface area contributed by atoms with Crippen molar-refractivity contribution in [2.75, 3.05) is 5.73 Å². The van der Waals surface area contributed by atoms with Crippen molar-refractivity contribution in [3.05, 3.63) is 83.5 Å². The molecule has 9 heteroatoms. The molecule has 4 rings (SSSR count). The zero-order chi connectivity index (χ0) is 22.7. The van der Waals surface area contributed by atoms with Crippen LogP contribution in [0.5, 0.6) is 0 Å². The van der Waals surface area contributed by atoms with Gasteiger partial charge in [-0.05, 0) is 49.7 Å². The van der Waals surface area contributed by atoms with Crippen LogP contribution < -0.4 is 5.73 Å². The highest BCUT2D eigenvalue weighted by Gasteiger charge is 2.26. The number of aromatic nitrogens is 5. The maximum Gasteiger partial charge on any atom is 0.273 e. The largest absolute Gasteiger partial charge is 0.383 e. The van der Waals surface area contributed by atoms with E-state index in [1.807, 2.05) is 26.0 Å². The molecular weight excluding hydrogens is 404 g/mol. The second-order valence-electron chi connectivity index (χ2n) is 7.32. The molecule has 0 saturated carbocycles. The number of pyridine rings is 3. The van der Waals surface area contributed by atoms with Gasteiger partial charge in [0.05, 0.1) is 35.6 Å². The second kappa shape index (κ2) is 8.73. The summed E-state index contributed by atoms with van der Waals surface area (Å²) in [6.45, 7) is 3.91. The van der Waals surface area contributed by atoms with Gasteiger partial charge in [-0.15, -0.1) is 0 Å². The summed E-state index contributed by atoms with van der Waals surface area (Å²) in [6, 6.07) is 10.3. The first-order chi connectivity index (χ1) is 15.5. The lowest BCUT2D eigenvalue weighted by molar-refractivity contribution is 0.0657. The molecule has 0 bridgehead atoms. The third-order valence-corrected chi connectivity index (χ3v) is 5.12. The molecule has 2 N–H and O–H groups in total. The number of nitrogen functional groups attached to an aromatic ring is 1. The zero-order valence-corrected chi connectivity index (χ0v) is 17.6. The van der Waals surface area contributed by atoms with E-state index in [2.05, 4.69) is 24.9 Å². The summed E-state index contributed by atoms with van der Waals surface area (Å²) in [7, 11) is 0. The molecule has 4 heterocycles. The smallest absolute Gasteiger partial charge is 0.273 e. The molecule has 9 nitrogen and oxygen atoms in total. The third kappa shape index (κ3) is 4.20. The topological polar surface area (TPSA) is 135 Å². The Labute approximate surface area is 184 Å². The van der Waals surface area contributed by atoms with E-state index in [-0.39, 0.29) is 18.1 Å². The van der Waals surface area contributed by atoms with Gasteiger partial charge in [0.15, 0.2) is 0 Å². The van der Waals surface area contributed by atoms with Gasteiger partial charge in [-0.1, -0.05) is 0 Å². The molecule has 1 amide bonds. The highest BCUT2D eigenvalue weighted by molar-refractivity contribution is 5.96. The van der Waals surface area contributed by atoms with Crippen LogP contribution in [0, 0.1) is 18.3 Å². The number of hydrogen-bond donors (Lipinski definition) is 1. The number of nitrogens with zero attached hydrogens (tertiary/aromatic N) is 7. The number of anilines is 1. The van der Waals surface area contributed by atoms with Crippen LogP contribution >= 0.6 is 0 Å². The summed E-state index contributed by atoms with van der Waals surface area (Å²) in [6.07, 6.45) is 6.29. The second-order valence-corrected chi connectivity index (χ2v) is 7.32. The van der Waals surface area contributed by atoms with Crippen molar-refractivity contribution in [3.63, 3.8) is 0 Å². The Hall–Kier alpha value is -4.45. The SMILES string of the molecule is Cc1cc2cc(C(=O)N(Cc3ccc(C#N)cn3)[C@H](C)c3ncccn3)ncc2nc1N. The minimum absolute atomic E-state index is 0.197.